The summed E-state index contributed by atoms with van der Waals surface area (Å²) in [4.78, 5) is 5.20. The zero-order valence-electron chi connectivity index (χ0n) is 24.9. The van der Waals surface area contributed by atoms with Gasteiger partial charge in [-0.3, -0.25) is 0 Å². The Morgan fingerprint density at radius 2 is 1.34 bits per heavy atom. The lowest BCUT2D eigenvalue weighted by Gasteiger charge is -2.48. The first-order valence-electron chi connectivity index (χ1n) is 15.5. The van der Waals surface area contributed by atoms with Crippen molar-refractivity contribution in [1.82, 2.24) is 0 Å². The Morgan fingerprint density at radius 1 is 0.614 bits per heavy atom. The van der Waals surface area contributed by atoms with Gasteiger partial charge < -0.3 is 9.80 Å². The maximum absolute atomic E-state index is 2.62. The Morgan fingerprint density at radius 3 is 2.23 bits per heavy atom. The van der Waals surface area contributed by atoms with Crippen LogP contribution in [-0.2, 0) is 0 Å². The summed E-state index contributed by atoms with van der Waals surface area (Å²) in [5.41, 5.74) is 12.1. The number of benzene rings is 6. The molecule has 3 aliphatic heterocycles. The van der Waals surface area contributed by atoms with E-state index >= 15 is 0 Å². The molecule has 5 heteroatoms. The van der Waals surface area contributed by atoms with Crippen LogP contribution in [-0.4, -0.2) is 14.8 Å². The van der Waals surface area contributed by atoms with Crippen LogP contribution in [0.4, 0.5) is 34.1 Å². The highest BCUT2D eigenvalue weighted by Gasteiger charge is 2.49. The largest absolute Gasteiger partial charge is 0.312 e. The van der Waals surface area contributed by atoms with Gasteiger partial charge in [0.05, 0.1) is 5.69 Å². The number of rotatable bonds is 1. The van der Waals surface area contributed by atoms with E-state index in [-0.39, 0.29) is 6.71 Å². The van der Waals surface area contributed by atoms with Crippen molar-refractivity contribution in [1.29, 1.82) is 0 Å². The molecule has 1 aromatic heterocycles. The quantitative estimate of drug-likeness (QED) is 0.180. The molecule has 10 rings (SSSR count). The van der Waals surface area contributed by atoms with Crippen LogP contribution in [0, 0.1) is 6.92 Å². The number of anilines is 6. The molecular formula is C39H29BN2SSi. The van der Waals surface area contributed by atoms with Crippen molar-refractivity contribution >= 4 is 107 Å². The van der Waals surface area contributed by atoms with Gasteiger partial charge in [0, 0.05) is 43.3 Å². The Balaban J connectivity index is 1.36. The molecule has 0 N–H and O–H groups in total. The number of nitrogens with zero attached hydrogens (tertiary/aromatic N) is 2. The molecule has 3 aliphatic rings. The monoisotopic (exact) mass is 596 g/mol. The van der Waals surface area contributed by atoms with Crippen LogP contribution in [0.15, 0.2) is 121 Å². The fraction of sp³-hybridized carbons (Fsp3) is 0.0769. The van der Waals surface area contributed by atoms with Gasteiger partial charge in [-0.25, -0.2) is 0 Å². The highest BCUT2D eigenvalue weighted by atomic mass is 32.1. The summed E-state index contributed by atoms with van der Waals surface area (Å²) >= 11 is 1.98. The average molecular weight is 597 g/mol. The normalized spacial score (nSPS) is 15.2. The summed E-state index contributed by atoms with van der Waals surface area (Å²) in [6.07, 6.45) is 0. The molecule has 0 spiro atoms. The second-order valence-electron chi connectivity index (χ2n) is 13.0. The Kier molecular flexibility index (Phi) is 4.81. The van der Waals surface area contributed by atoms with Gasteiger partial charge in [0.25, 0.3) is 6.71 Å². The van der Waals surface area contributed by atoms with E-state index < -0.39 is 8.07 Å². The number of thiophene rings is 1. The zero-order valence-corrected chi connectivity index (χ0v) is 26.7. The van der Waals surface area contributed by atoms with Crippen molar-refractivity contribution in [3.05, 3.63) is 127 Å². The van der Waals surface area contributed by atoms with Crippen LogP contribution in [0.5, 0.6) is 0 Å². The smallest absolute Gasteiger partial charge is 0.264 e. The summed E-state index contributed by atoms with van der Waals surface area (Å²) in [5.74, 6) is 0. The minimum absolute atomic E-state index is 0.186. The van der Waals surface area contributed by atoms with E-state index in [1.54, 1.807) is 5.19 Å². The van der Waals surface area contributed by atoms with Crippen LogP contribution in [0.25, 0.3) is 20.9 Å². The van der Waals surface area contributed by atoms with E-state index in [9.17, 15) is 0 Å². The number of hydrogen-bond donors (Lipinski definition) is 0. The molecule has 2 nitrogen and oxygen atoms in total. The Hall–Kier alpha value is -4.58. The van der Waals surface area contributed by atoms with Crippen LogP contribution >= 0.6 is 11.3 Å². The molecule has 0 bridgehead atoms. The molecule has 44 heavy (non-hydrogen) atoms. The van der Waals surface area contributed by atoms with Crippen molar-refractivity contribution in [3.8, 4) is 0 Å². The first-order chi connectivity index (χ1) is 21.5. The van der Waals surface area contributed by atoms with E-state index in [4.69, 9.17) is 0 Å². The highest BCUT2D eigenvalue weighted by Crippen LogP contribution is 2.48. The van der Waals surface area contributed by atoms with Gasteiger partial charge in [0.15, 0.2) is 0 Å². The van der Waals surface area contributed by atoms with E-state index in [0.717, 1.165) is 0 Å². The summed E-state index contributed by atoms with van der Waals surface area (Å²) in [5, 5.41) is 6.93. The molecule has 0 atom stereocenters. The molecule has 7 aromatic rings. The van der Waals surface area contributed by atoms with Gasteiger partial charge in [-0.1, -0.05) is 98.0 Å². The van der Waals surface area contributed by atoms with Crippen LogP contribution in [0.1, 0.15) is 5.56 Å². The topological polar surface area (TPSA) is 6.48 Å². The third-order valence-corrected chi connectivity index (χ3v) is 15.0. The van der Waals surface area contributed by atoms with Gasteiger partial charge >= 0.3 is 0 Å². The molecule has 4 heterocycles. The first kappa shape index (κ1) is 24.8. The molecule has 0 radical (unpaired) electrons. The van der Waals surface area contributed by atoms with E-state index in [1.165, 1.54) is 81.4 Å². The maximum Gasteiger partial charge on any atom is 0.264 e. The van der Waals surface area contributed by atoms with Gasteiger partial charge in [-0.2, -0.15) is 0 Å². The van der Waals surface area contributed by atoms with Crippen LogP contribution in [0.2, 0.25) is 13.1 Å². The lowest BCUT2D eigenvalue weighted by Crippen LogP contribution is -2.67. The fourth-order valence-corrected chi connectivity index (χ4v) is 12.6. The third kappa shape index (κ3) is 3.06. The average Bonchev–Trinajstić information content (AvgIpc) is 3.43. The fourth-order valence-electron chi connectivity index (χ4n) is 8.30. The molecule has 0 unspecified atom stereocenters. The number of aryl methyl sites for hydroxylation is 1. The number of fused-ring (bicyclic) bond motifs is 9. The van der Waals surface area contributed by atoms with Gasteiger partial charge in [0.1, 0.15) is 8.07 Å². The van der Waals surface area contributed by atoms with E-state index in [2.05, 4.69) is 151 Å². The first-order valence-corrected chi connectivity index (χ1v) is 19.3. The van der Waals surface area contributed by atoms with Crippen LogP contribution < -0.4 is 35.9 Å². The molecule has 0 amide bonds. The van der Waals surface area contributed by atoms with Crippen molar-refractivity contribution in [3.63, 3.8) is 0 Å². The lowest BCUT2D eigenvalue weighted by atomic mass is 9.36. The van der Waals surface area contributed by atoms with Crippen LogP contribution in [0.3, 0.4) is 0 Å². The van der Waals surface area contributed by atoms with Gasteiger partial charge in [-0.05, 0) is 81.0 Å². The molecule has 0 saturated heterocycles. The second-order valence-corrected chi connectivity index (χ2v) is 18.5. The summed E-state index contributed by atoms with van der Waals surface area (Å²) in [6.45, 7) is 7.51. The molecule has 208 valence electrons. The van der Waals surface area contributed by atoms with E-state index in [1.807, 2.05) is 11.3 Å². The minimum atomic E-state index is -1.92. The summed E-state index contributed by atoms with van der Waals surface area (Å²) in [7, 11) is -1.92. The second kappa shape index (κ2) is 8.53. The standard InChI is InChI=1S/C39H29BN2SSi/c1-24-21-31-36-32(22-24)42-30-15-7-9-17-34(30)44(2,3)35-18-10-14-29(38(35)42)40(36)39-37(28-13-6-8-16-33(28)43-39)41(31)27-20-19-25-11-4-5-12-26(25)23-27/h4-23H,1-3H3. The molecular weight excluding hydrogens is 567 g/mol. The van der Waals surface area contributed by atoms with Gasteiger partial charge in [-0.15, -0.1) is 11.3 Å². The third-order valence-electron chi connectivity index (χ3n) is 10.2. The number of hydrogen-bond acceptors (Lipinski definition) is 3. The predicted octanol–water partition coefficient (Wildman–Crippen LogP) is 7.58. The molecule has 0 aliphatic carbocycles. The van der Waals surface area contributed by atoms with Crippen molar-refractivity contribution in [2.75, 3.05) is 9.80 Å². The minimum Gasteiger partial charge on any atom is -0.312 e. The lowest BCUT2D eigenvalue weighted by molar-refractivity contribution is 1.25. The Labute approximate surface area is 262 Å². The SMILES string of the molecule is Cc1cc2c3c(c1)N(c1ccc4ccccc4c1)c1c(sc4ccccc14)B3c1cccc3c1N2c1ccccc1[Si]3(C)C. The molecule has 0 saturated carbocycles. The highest BCUT2D eigenvalue weighted by molar-refractivity contribution is 7.33. The van der Waals surface area contributed by atoms with Crippen molar-refractivity contribution in [2.24, 2.45) is 0 Å². The van der Waals surface area contributed by atoms with Crippen molar-refractivity contribution in [2.45, 2.75) is 20.0 Å². The maximum atomic E-state index is 2.62. The van der Waals surface area contributed by atoms with Gasteiger partial charge in [0.2, 0.25) is 0 Å². The molecule has 0 fully saturated rings. The summed E-state index contributed by atoms with van der Waals surface area (Å²) < 4.78 is 2.80. The van der Waals surface area contributed by atoms with E-state index in [0.29, 0.717) is 0 Å². The zero-order chi connectivity index (χ0) is 29.3. The number of para-hydroxylation sites is 2. The molecule has 6 aromatic carbocycles. The predicted molar refractivity (Wildman–Crippen MR) is 195 cm³/mol. The summed E-state index contributed by atoms with van der Waals surface area (Å²) in [6, 6.07) is 45.9. The van der Waals surface area contributed by atoms with Crippen molar-refractivity contribution < 1.29 is 0 Å². The Bertz CT molecular complexity index is 2370.